The van der Waals surface area contributed by atoms with Crippen LogP contribution < -0.4 is 5.48 Å². The normalized spacial score (nSPS) is 9.65. The van der Waals surface area contributed by atoms with E-state index in [1.807, 2.05) is 39.2 Å². The zero-order valence-electron chi connectivity index (χ0n) is 12.1. The van der Waals surface area contributed by atoms with E-state index in [1.54, 1.807) is 12.4 Å². The summed E-state index contributed by atoms with van der Waals surface area (Å²) in [6.45, 7) is 8.00. The Balaban J connectivity index is 0.000000956. The van der Waals surface area contributed by atoms with E-state index in [4.69, 9.17) is 17.4 Å². The van der Waals surface area contributed by atoms with Crippen molar-refractivity contribution in [3.8, 4) is 10.6 Å². The van der Waals surface area contributed by atoms with Gasteiger partial charge in [0.05, 0.1) is 10.6 Å². The molecule has 0 saturated heterocycles. The minimum atomic E-state index is 0.316. The van der Waals surface area contributed by atoms with Crippen molar-refractivity contribution in [3.63, 3.8) is 0 Å². The summed E-state index contributed by atoms with van der Waals surface area (Å²) in [7, 11) is 0. The Morgan fingerprint density at radius 1 is 1.40 bits per heavy atom. The average Bonchev–Trinajstić information content (AvgIpc) is 2.93. The highest BCUT2D eigenvalue weighted by molar-refractivity contribution is 7.81. The smallest absolute Gasteiger partial charge is 0.142 e. The molecule has 0 aliphatic rings. The van der Waals surface area contributed by atoms with Gasteiger partial charge < -0.3 is 0 Å². The first-order valence-electron chi connectivity index (χ1n) is 6.51. The van der Waals surface area contributed by atoms with Crippen molar-refractivity contribution in [1.82, 2.24) is 15.4 Å². The largest absolute Gasteiger partial charge is 0.290 e. The third-order valence-electron chi connectivity index (χ3n) is 2.46. The summed E-state index contributed by atoms with van der Waals surface area (Å²) in [5.74, 6) is 0. The zero-order chi connectivity index (χ0) is 15.1. The van der Waals surface area contributed by atoms with Crippen LogP contribution in [0, 0.1) is 6.92 Å². The van der Waals surface area contributed by atoms with Crippen molar-refractivity contribution in [1.29, 1.82) is 0 Å². The van der Waals surface area contributed by atoms with E-state index in [1.165, 1.54) is 11.3 Å². The SMILES string of the molecule is CC.CCc1nc(-c2cncc(C)c2)sc1C(=S)NO. The fraction of sp³-hybridized carbons (Fsp3) is 0.357. The number of thiazole rings is 1. The predicted octanol–water partition coefficient (Wildman–Crippen LogP) is 3.76. The maximum absolute atomic E-state index is 8.91. The van der Waals surface area contributed by atoms with Crippen LogP contribution in [-0.2, 0) is 6.42 Å². The Hall–Kier alpha value is -1.37. The molecule has 0 saturated carbocycles. The van der Waals surface area contributed by atoms with Crippen molar-refractivity contribution >= 4 is 28.5 Å². The van der Waals surface area contributed by atoms with Crippen LogP contribution in [-0.4, -0.2) is 20.2 Å². The number of hydrogen-bond donors (Lipinski definition) is 2. The molecular formula is C14H19N3OS2. The first-order valence-corrected chi connectivity index (χ1v) is 7.74. The van der Waals surface area contributed by atoms with E-state index in [-0.39, 0.29) is 0 Å². The van der Waals surface area contributed by atoms with Gasteiger partial charge in [-0.3, -0.25) is 15.7 Å². The third-order valence-corrected chi connectivity index (χ3v) is 4.05. The van der Waals surface area contributed by atoms with Crippen molar-refractivity contribution in [3.05, 3.63) is 34.6 Å². The van der Waals surface area contributed by atoms with Crippen molar-refractivity contribution in [2.45, 2.75) is 34.1 Å². The number of nitrogens with one attached hydrogen (secondary N) is 1. The highest BCUT2D eigenvalue weighted by Crippen LogP contribution is 2.28. The molecule has 4 nitrogen and oxygen atoms in total. The molecule has 0 aliphatic heterocycles. The van der Waals surface area contributed by atoms with Gasteiger partial charge in [-0.05, 0) is 25.0 Å². The number of aromatic nitrogens is 2. The lowest BCUT2D eigenvalue weighted by Crippen LogP contribution is -2.17. The van der Waals surface area contributed by atoms with Crippen LogP contribution in [0.5, 0.6) is 0 Å². The second kappa shape index (κ2) is 8.04. The number of pyridine rings is 1. The number of hydrogen-bond acceptors (Lipinski definition) is 5. The van der Waals surface area contributed by atoms with Crippen LogP contribution in [0.25, 0.3) is 10.6 Å². The van der Waals surface area contributed by atoms with Gasteiger partial charge in [0, 0.05) is 18.0 Å². The van der Waals surface area contributed by atoms with Crippen LogP contribution in [0.2, 0.25) is 0 Å². The summed E-state index contributed by atoms with van der Waals surface area (Å²) >= 11 is 6.52. The standard InChI is InChI=1S/C12H13N3OS2.C2H6/c1-3-9-10(11(17)15-16)18-12(14-9)8-4-7(2)5-13-6-8;1-2/h4-6,16H,3H2,1-2H3,(H,15,17);1-2H3. The summed E-state index contributed by atoms with van der Waals surface area (Å²) in [5, 5.41) is 9.78. The molecule has 0 atom stereocenters. The maximum Gasteiger partial charge on any atom is 0.142 e. The summed E-state index contributed by atoms with van der Waals surface area (Å²) in [6, 6.07) is 2.03. The molecule has 6 heteroatoms. The van der Waals surface area contributed by atoms with Crippen molar-refractivity contribution in [2.24, 2.45) is 0 Å². The summed E-state index contributed by atoms with van der Waals surface area (Å²) < 4.78 is 0. The molecule has 2 aromatic heterocycles. The minimum absolute atomic E-state index is 0.316. The Kier molecular flexibility index (Phi) is 6.70. The maximum atomic E-state index is 8.91. The Morgan fingerprint density at radius 2 is 2.10 bits per heavy atom. The van der Waals surface area contributed by atoms with Crippen LogP contribution in [0.1, 0.15) is 36.9 Å². The molecule has 2 rings (SSSR count). The number of hydroxylamine groups is 1. The van der Waals surface area contributed by atoms with Gasteiger partial charge in [-0.2, -0.15) is 0 Å². The van der Waals surface area contributed by atoms with Gasteiger partial charge in [0.1, 0.15) is 10.00 Å². The molecule has 0 unspecified atom stereocenters. The van der Waals surface area contributed by atoms with E-state index < -0.39 is 0 Å². The average molecular weight is 309 g/mol. The van der Waals surface area contributed by atoms with E-state index in [0.29, 0.717) is 4.99 Å². The van der Waals surface area contributed by atoms with Crippen LogP contribution in [0.4, 0.5) is 0 Å². The van der Waals surface area contributed by atoms with Gasteiger partial charge in [0.2, 0.25) is 0 Å². The third kappa shape index (κ3) is 3.82. The van der Waals surface area contributed by atoms with E-state index in [0.717, 1.165) is 33.1 Å². The number of nitrogens with zero attached hydrogens (tertiary/aromatic N) is 2. The molecule has 0 spiro atoms. The fourth-order valence-corrected chi connectivity index (χ4v) is 2.88. The molecule has 0 radical (unpaired) electrons. The van der Waals surface area contributed by atoms with E-state index in [9.17, 15) is 0 Å². The van der Waals surface area contributed by atoms with Gasteiger partial charge in [-0.15, -0.1) is 11.3 Å². The predicted molar refractivity (Wildman–Crippen MR) is 87.4 cm³/mol. The van der Waals surface area contributed by atoms with Crippen LogP contribution >= 0.6 is 23.6 Å². The minimum Gasteiger partial charge on any atom is -0.290 e. The van der Waals surface area contributed by atoms with Crippen LogP contribution in [0.15, 0.2) is 18.5 Å². The number of thiocarbonyl (C=S) groups is 1. The molecule has 0 aromatic carbocycles. The zero-order valence-corrected chi connectivity index (χ0v) is 13.7. The molecule has 0 fully saturated rings. The van der Waals surface area contributed by atoms with E-state index >= 15 is 0 Å². The molecular weight excluding hydrogens is 290 g/mol. The fourth-order valence-electron chi connectivity index (χ4n) is 1.61. The molecule has 0 aliphatic carbocycles. The molecule has 2 aromatic rings. The first kappa shape index (κ1) is 16.7. The van der Waals surface area contributed by atoms with Gasteiger partial charge in [-0.1, -0.05) is 33.0 Å². The lowest BCUT2D eigenvalue weighted by atomic mass is 10.2. The van der Waals surface area contributed by atoms with Gasteiger partial charge >= 0.3 is 0 Å². The lowest BCUT2D eigenvalue weighted by molar-refractivity contribution is 0.238. The molecule has 2 heterocycles. The Labute approximate surface area is 128 Å². The molecule has 2 N–H and O–H groups in total. The van der Waals surface area contributed by atoms with Gasteiger partial charge in [0.25, 0.3) is 0 Å². The highest BCUT2D eigenvalue weighted by atomic mass is 32.1. The molecule has 0 bridgehead atoms. The quantitative estimate of drug-likeness (QED) is 0.668. The monoisotopic (exact) mass is 309 g/mol. The topological polar surface area (TPSA) is 58.0 Å². The summed E-state index contributed by atoms with van der Waals surface area (Å²) in [5.41, 5.74) is 4.97. The first-order chi connectivity index (χ1) is 9.65. The Morgan fingerprint density at radius 3 is 2.65 bits per heavy atom. The second-order valence-corrected chi connectivity index (χ2v) is 5.25. The van der Waals surface area contributed by atoms with Crippen LogP contribution in [0.3, 0.4) is 0 Å². The summed E-state index contributed by atoms with van der Waals surface area (Å²) in [6.07, 6.45) is 4.36. The summed E-state index contributed by atoms with van der Waals surface area (Å²) in [4.78, 5) is 9.84. The van der Waals surface area contributed by atoms with E-state index in [2.05, 4.69) is 9.97 Å². The van der Waals surface area contributed by atoms with Crippen molar-refractivity contribution in [2.75, 3.05) is 0 Å². The number of rotatable bonds is 3. The van der Waals surface area contributed by atoms with Gasteiger partial charge in [0.15, 0.2) is 0 Å². The molecule has 0 amide bonds. The Bertz CT molecular complexity index is 582. The van der Waals surface area contributed by atoms with Gasteiger partial charge in [-0.25, -0.2) is 4.98 Å². The second-order valence-electron chi connectivity index (χ2n) is 3.84. The number of aryl methyl sites for hydroxylation is 2. The lowest BCUT2D eigenvalue weighted by Gasteiger charge is -1.98. The molecule has 108 valence electrons. The van der Waals surface area contributed by atoms with Crippen molar-refractivity contribution < 1.29 is 5.21 Å². The molecule has 20 heavy (non-hydrogen) atoms. The highest BCUT2D eigenvalue weighted by Gasteiger charge is 2.14.